The summed E-state index contributed by atoms with van der Waals surface area (Å²) in [6.07, 6.45) is 1.79. The van der Waals surface area contributed by atoms with E-state index in [4.69, 9.17) is 14.2 Å². The lowest BCUT2D eigenvalue weighted by molar-refractivity contribution is -0.144. The van der Waals surface area contributed by atoms with E-state index >= 15 is 0 Å². The van der Waals surface area contributed by atoms with E-state index in [-0.39, 0.29) is 24.9 Å². The van der Waals surface area contributed by atoms with Gasteiger partial charge < -0.3 is 14.2 Å². The molecule has 1 amide bonds. The van der Waals surface area contributed by atoms with E-state index in [9.17, 15) is 14.4 Å². The van der Waals surface area contributed by atoms with E-state index in [0.717, 1.165) is 11.1 Å². The van der Waals surface area contributed by atoms with Crippen molar-refractivity contribution in [1.29, 1.82) is 0 Å². The summed E-state index contributed by atoms with van der Waals surface area (Å²) in [7, 11) is 1.33. The Kier molecular flexibility index (Phi) is 7.42. The zero-order valence-corrected chi connectivity index (χ0v) is 17.6. The Balaban J connectivity index is 2.44. The van der Waals surface area contributed by atoms with Crippen LogP contribution < -0.4 is 0 Å². The molecular formula is C22H29NO6. The molecule has 1 aromatic rings. The van der Waals surface area contributed by atoms with Crippen LogP contribution in [0.25, 0.3) is 5.57 Å². The highest BCUT2D eigenvalue weighted by molar-refractivity contribution is 5.77. The number of carbonyl (C=O) groups is 3. The van der Waals surface area contributed by atoms with Gasteiger partial charge in [-0.05, 0) is 44.2 Å². The van der Waals surface area contributed by atoms with Gasteiger partial charge in [-0.2, -0.15) is 0 Å². The maximum atomic E-state index is 12.9. The number of rotatable bonds is 5. The normalized spacial score (nSPS) is 19.2. The summed E-state index contributed by atoms with van der Waals surface area (Å²) >= 11 is 0. The molecule has 0 spiro atoms. The monoisotopic (exact) mass is 403 g/mol. The summed E-state index contributed by atoms with van der Waals surface area (Å²) < 4.78 is 15.6. The Bertz CT molecular complexity index is 765. The summed E-state index contributed by atoms with van der Waals surface area (Å²) in [5.74, 6) is -1.14. The summed E-state index contributed by atoms with van der Waals surface area (Å²) in [5, 5.41) is 0. The maximum absolute atomic E-state index is 12.9. The minimum absolute atomic E-state index is 0.0329. The smallest absolute Gasteiger partial charge is 0.414 e. The largest absolute Gasteiger partial charge is 0.469 e. The van der Waals surface area contributed by atoms with Crippen LogP contribution >= 0.6 is 0 Å². The highest BCUT2D eigenvalue weighted by Crippen LogP contribution is 2.35. The van der Waals surface area contributed by atoms with Crippen molar-refractivity contribution in [2.75, 3.05) is 13.7 Å². The van der Waals surface area contributed by atoms with Gasteiger partial charge in [0.05, 0.1) is 19.6 Å². The van der Waals surface area contributed by atoms with Gasteiger partial charge in [0.25, 0.3) is 0 Å². The molecule has 0 unspecified atom stereocenters. The lowest BCUT2D eigenvalue weighted by Crippen LogP contribution is -2.49. The standard InChI is InChI=1S/C22H29NO6/c1-15(24)28-14-19-17(12-20(25)27-5)11-18(16-9-7-6-8-10-16)13-23(19)21(26)29-22(2,3)4/h6-10,13,17,19H,11-12,14H2,1-5H3/t17-,19-/m1/s1. The topological polar surface area (TPSA) is 82.1 Å². The molecule has 158 valence electrons. The second-order valence-electron chi connectivity index (χ2n) is 8.02. The Morgan fingerprint density at radius 1 is 1.14 bits per heavy atom. The van der Waals surface area contributed by atoms with E-state index in [0.29, 0.717) is 6.42 Å². The average Bonchev–Trinajstić information content (AvgIpc) is 2.65. The van der Waals surface area contributed by atoms with Crippen LogP contribution in [0.2, 0.25) is 0 Å². The SMILES string of the molecule is COC(=O)C[C@H]1CC(c2ccccc2)=CN(C(=O)OC(C)(C)C)[C@@H]1COC(C)=O. The number of hydrogen-bond donors (Lipinski definition) is 0. The third-order valence-corrected chi connectivity index (χ3v) is 4.54. The molecule has 1 heterocycles. The molecule has 1 aromatic carbocycles. The molecule has 0 aliphatic carbocycles. The molecular weight excluding hydrogens is 374 g/mol. The molecule has 29 heavy (non-hydrogen) atoms. The molecule has 1 aliphatic heterocycles. The number of benzene rings is 1. The van der Waals surface area contributed by atoms with Crippen LogP contribution in [-0.2, 0) is 23.8 Å². The quantitative estimate of drug-likeness (QED) is 0.550. The van der Waals surface area contributed by atoms with Gasteiger partial charge in [0, 0.05) is 13.1 Å². The Morgan fingerprint density at radius 2 is 1.79 bits per heavy atom. The second-order valence-corrected chi connectivity index (χ2v) is 8.02. The van der Waals surface area contributed by atoms with Crippen LogP contribution in [0.4, 0.5) is 4.79 Å². The molecule has 2 atom stereocenters. The van der Waals surface area contributed by atoms with E-state index in [2.05, 4.69) is 0 Å². The molecule has 0 N–H and O–H groups in total. The summed E-state index contributed by atoms with van der Waals surface area (Å²) in [4.78, 5) is 37.8. The Labute approximate surface area is 171 Å². The van der Waals surface area contributed by atoms with Gasteiger partial charge in [-0.1, -0.05) is 30.3 Å². The van der Waals surface area contributed by atoms with E-state index in [1.807, 2.05) is 30.3 Å². The molecule has 0 saturated heterocycles. The lowest BCUT2D eigenvalue weighted by Gasteiger charge is -2.39. The predicted molar refractivity (Wildman–Crippen MR) is 108 cm³/mol. The van der Waals surface area contributed by atoms with Crippen molar-refractivity contribution in [2.24, 2.45) is 5.92 Å². The van der Waals surface area contributed by atoms with Gasteiger partial charge in [-0.15, -0.1) is 0 Å². The Morgan fingerprint density at radius 3 is 2.34 bits per heavy atom. The van der Waals surface area contributed by atoms with Gasteiger partial charge in [-0.3, -0.25) is 14.5 Å². The first-order valence-electron chi connectivity index (χ1n) is 9.58. The van der Waals surface area contributed by atoms with Gasteiger partial charge >= 0.3 is 18.0 Å². The molecule has 0 saturated carbocycles. The summed E-state index contributed by atoms with van der Waals surface area (Å²) in [6.45, 7) is 6.62. The van der Waals surface area contributed by atoms with Crippen molar-refractivity contribution in [3.63, 3.8) is 0 Å². The lowest BCUT2D eigenvalue weighted by atomic mass is 9.83. The van der Waals surface area contributed by atoms with Gasteiger partial charge in [0.2, 0.25) is 0 Å². The molecule has 0 fully saturated rings. The van der Waals surface area contributed by atoms with Crippen molar-refractivity contribution in [2.45, 2.75) is 52.2 Å². The third kappa shape index (κ3) is 6.62. The second kappa shape index (κ2) is 9.58. The number of allylic oxidation sites excluding steroid dienone is 1. The predicted octanol–water partition coefficient (Wildman–Crippen LogP) is 3.78. The fourth-order valence-electron chi connectivity index (χ4n) is 3.23. The van der Waals surface area contributed by atoms with Crippen molar-refractivity contribution in [3.8, 4) is 0 Å². The number of ether oxygens (including phenoxy) is 3. The number of amides is 1. The number of esters is 2. The van der Waals surface area contributed by atoms with Crippen LogP contribution in [-0.4, -0.2) is 48.3 Å². The zero-order chi connectivity index (χ0) is 21.6. The van der Waals surface area contributed by atoms with Crippen LogP contribution in [0.5, 0.6) is 0 Å². The fourth-order valence-corrected chi connectivity index (χ4v) is 3.23. The Hall–Kier alpha value is -2.83. The summed E-state index contributed by atoms with van der Waals surface area (Å²) in [5.41, 5.74) is 1.14. The number of methoxy groups -OCH3 is 1. The van der Waals surface area contributed by atoms with Gasteiger partial charge in [0.1, 0.15) is 12.2 Å². The van der Waals surface area contributed by atoms with E-state index in [1.165, 1.54) is 18.9 Å². The van der Waals surface area contributed by atoms with Crippen molar-refractivity contribution in [3.05, 3.63) is 42.1 Å². The first kappa shape index (κ1) is 22.5. The minimum Gasteiger partial charge on any atom is -0.469 e. The van der Waals surface area contributed by atoms with E-state index in [1.54, 1.807) is 27.0 Å². The van der Waals surface area contributed by atoms with Gasteiger partial charge in [-0.25, -0.2) is 4.79 Å². The van der Waals surface area contributed by atoms with Crippen LogP contribution in [0.3, 0.4) is 0 Å². The van der Waals surface area contributed by atoms with Crippen LogP contribution in [0, 0.1) is 5.92 Å². The van der Waals surface area contributed by atoms with Crippen LogP contribution in [0.1, 0.15) is 46.1 Å². The van der Waals surface area contributed by atoms with E-state index < -0.39 is 23.7 Å². The van der Waals surface area contributed by atoms with Crippen molar-refractivity contribution >= 4 is 23.6 Å². The molecule has 0 radical (unpaired) electrons. The van der Waals surface area contributed by atoms with Crippen molar-refractivity contribution < 1.29 is 28.6 Å². The minimum atomic E-state index is -0.695. The number of nitrogens with zero attached hydrogens (tertiary/aromatic N) is 1. The fraction of sp³-hybridized carbons (Fsp3) is 0.500. The zero-order valence-electron chi connectivity index (χ0n) is 17.6. The maximum Gasteiger partial charge on any atom is 0.414 e. The average molecular weight is 403 g/mol. The molecule has 0 aromatic heterocycles. The number of carbonyl (C=O) groups excluding carboxylic acids is 3. The van der Waals surface area contributed by atoms with Crippen molar-refractivity contribution in [1.82, 2.24) is 4.90 Å². The van der Waals surface area contributed by atoms with Gasteiger partial charge in [0.15, 0.2) is 0 Å². The van der Waals surface area contributed by atoms with Crippen LogP contribution in [0.15, 0.2) is 36.5 Å². The third-order valence-electron chi connectivity index (χ3n) is 4.54. The highest BCUT2D eigenvalue weighted by atomic mass is 16.6. The number of hydrogen-bond acceptors (Lipinski definition) is 6. The molecule has 1 aliphatic rings. The summed E-state index contributed by atoms with van der Waals surface area (Å²) in [6, 6.07) is 9.08. The highest BCUT2D eigenvalue weighted by Gasteiger charge is 2.38. The first-order valence-corrected chi connectivity index (χ1v) is 9.58. The molecule has 0 bridgehead atoms. The first-order chi connectivity index (χ1) is 13.6. The molecule has 7 heteroatoms. The molecule has 2 rings (SSSR count). The molecule has 7 nitrogen and oxygen atoms in total.